The van der Waals surface area contributed by atoms with Crippen molar-refractivity contribution in [2.24, 2.45) is 5.41 Å². The van der Waals surface area contributed by atoms with Gasteiger partial charge in [0.25, 0.3) is 0 Å². The predicted octanol–water partition coefficient (Wildman–Crippen LogP) is 2.87. The summed E-state index contributed by atoms with van der Waals surface area (Å²) in [7, 11) is 1.82. The van der Waals surface area contributed by atoms with E-state index in [4.69, 9.17) is 0 Å². The van der Waals surface area contributed by atoms with Gasteiger partial charge in [-0.05, 0) is 11.0 Å². The third-order valence-electron chi connectivity index (χ3n) is 2.34. The van der Waals surface area contributed by atoms with Gasteiger partial charge in [0.05, 0.1) is 0 Å². The summed E-state index contributed by atoms with van der Waals surface area (Å²) in [5.41, 5.74) is 1.24. The van der Waals surface area contributed by atoms with Crippen LogP contribution in [0.2, 0.25) is 0 Å². The van der Waals surface area contributed by atoms with Gasteiger partial charge in [-0.3, -0.25) is 0 Å². The highest BCUT2D eigenvalue weighted by atomic mass is 16.2. The number of carbonyl (C=O) groups excluding carboxylic acids is 1. The molecule has 0 aliphatic rings. The Morgan fingerprint density at radius 3 is 2.35 bits per heavy atom. The number of hydrogen-bond donors (Lipinski definition) is 1. The molecular weight excluding hydrogens is 212 g/mol. The van der Waals surface area contributed by atoms with Crippen molar-refractivity contribution in [2.75, 3.05) is 13.6 Å². The maximum absolute atomic E-state index is 11.8. The second-order valence-corrected chi connectivity index (χ2v) is 5.56. The van der Waals surface area contributed by atoms with Gasteiger partial charge in [0, 0.05) is 20.1 Å². The molecule has 0 heterocycles. The summed E-state index contributed by atoms with van der Waals surface area (Å²) in [6, 6.07) is 9.90. The largest absolute Gasteiger partial charge is 0.334 e. The first-order valence-electron chi connectivity index (χ1n) is 5.91. The zero-order valence-corrected chi connectivity index (χ0v) is 11.2. The lowest BCUT2D eigenvalue weighted by Gasteiger charge is -2.26. The Morgan fingerprint density at radius 2 is 1.82 bits per heavy atom. The van der Waals surface area contributed by atoms with Gasteiger partial charge >= 0.3 is 6.03 Å². The van der Waals surface area contributed by atoms with Crippen molar-refractivity contribution in [2.45, 2.75) is 27.3 Å². The van der Waals surface area contributed by atoms with E-state index in [0.717, 1.165) is 12.1 Å². The Kier molecular flexibility index (Phi) is 4.55. The quantitative estimate of drug-likeness (QED) is 0.857. The van der Waals surface area contributed by atoms with Crippen molar-refractivity contribution >= 4 is 6.03 Å². The molecule has 0 aromatic heterocycles. The summed E-state index contributed by atoms with van der Waals surface area (Å²) in [6.45, 7) is 7.68. The molecule has 2 amide bonds. The number of nitrogens with zero attached hydrogens (tertiary/aromatic N) is 1. The van der Waals surface area contributed by atoms with Crippen molar-refractivity contribution in [3.8, 4) is 0 Å². The minimum atomic E-state index is -0.0243. The molecular formula is C14H22N2O. The first-order valence-corrected chi connectivity index (χ1v) is 5.91. The average molecular weight is 234 g/mol. The fourth-order valence-electron chi connectivity index (χ4n) is 1.69. The summed E-state index contributed by atoms with van der Waals surface area (Å²) in [6.07, 6.45) is 0. The fraction of sp³-hybridized carbons (Fsp3) is 0.500. The highest BCUT2D eigenvalue weighted by molar-refractivity contribution is 5.73. The van der Waals surface area contributed by atoms with Crippen LogP contribution in [0.4, 0.5) is 4.79 Å². The van der Waals surface area contributed by atoms with Crippen LogP contribution < -0.4 is 5.32 Å². The molecule has 0 spiro atoms. The van der Waals surface area contributed by atoms with Crippen LogP contribution in [0.5, 0.6) is 0 Å². The van der Waals surface area contributed by atoms with Gasteiger partial charge in [0.1, 0.15) is 0 Å². The monoisotopic (exact) mass is 234 g/mol. The molecule has 3 nitrogen and oxygen atoms in total. The SMILES string of the molecule is CN(CC(C)(C)C)C(=O)NCc1ccccc1. The van der Waals surface area contributed by atoms with E-state index in [1.807, 2.05) is 37.4 Å². The minimum absolute atomic E-state index is 0.0243. The minimum Gasteiger partial charge on any atom is -0.334 e. The number of amides is 2. The van der Waals surface area contributed by atoms with E-state index >= 15 is 0 Å². The number of benzene rings is 1. The lowest BCUT2D eigenvalue weighted by molar-refractivity contribution is 0.188. The van der Waals surface area contributed by atoms with E-state index in [2.05, 4.69) is 26.1 Å². The zero-order chi connectivity index (χ0) is 12.9. The molecule has 0 saturated heterocycles. The standard InChI is InChI=1S/C14H22N2O/c1-14(2,3)11-16(4)13(17)15-10-12-8-6-5-7-9-12/h5-9H,10-11H2,1-4H3,(H,15,17). The molecule has 0 aliphatic carbocycles. The first-order chi connectivity index (χ1) is 7.88. The Balaban J connectivity index is 2.40. The average Bonchev–Trinajstić information content (AvgIpc) is 2.25. The number of hydrogen-bond acceptors (Lipinski definition) is 1. The summed E-state index contributed by atoms with van der Waals surface area (Å²) in [5.74, 6) is 0. The number of rotatable bonds is 3. The van der Waals surface area contributed by atoms with E-state index in [1.165, 1.54) is 0 Å². The van der Waals surface area contributed by atoms with Crippen LogP contribution >= 0.6 is 0 Å². The van der Waals surface area contributed by atoms with Crippen LogP contribution in [-0.2, 0) is 6.54 Å². The normalized spacial score (nSPS) is 11.1. The molecule has 94 valence electrons. The molecule has 0 bridgehead atoms. The third kappa shape index (κ3) is 5.38. The van der Waals surface area contributed by atoms with E-state index in [9.17, 15) is 4.79 Å². The molecule has 0 aliphatic heterocycles. The maximum Gasteiger partial charge on any atom is 0.317 e. The lowest BCUT2D eigenvalue weighted by Crippen LogP contribution is -2.41. The third-order valence-corrected chi connectivity index (χ3v) is 2.34. The highest BCUT2D eigenvalue weighted by Crippen LogP contribution is 2.14. The van der Waals surface area contributed by atoms with Crippen molar-refractivity contribution in [1.82, 2.24) is 10.2 Å². The molecule has 0 unspecified atom stereocenters. The molecule has 1 aromatic carbocycles. The van der Waals surface area contributed by atoms with Crippen LogP contribution in [0.25, 0.3) is 0 Å². The van der Waals surface area contributed by atoms with Gasteiger partial charge in [-0.1, -0.05) is 51.1 Å². The van der Waals surface area contributed by atoms with E-state index in [0.29, 0.717) is 6.54 Å². The smallest absolute Gasteiger partial charge is 0.317 e. The molecule has 0 radical (unpaired) electrons. The van der Waals surface area contributed by atoms with Gasteiger partial charge in [0.15, 0.2) is 0 Å². The van der Waals surface area contributed by atoms with Gasteiger partial charge in [-0.2, -0.15) is 0 Å². The van der Waals surface area contributed by atoms with Crippen LogP contribution in [0.3, 0.4) is 0 Å². The number of urea groups is 1. The summed E-state index contributed by atoms with van der Waals surface area (Å²) in [5, 5.41) is 2.91. The molecule has 3 heteroatoms. The molecule has 1 rings (SSSR count). The van der Waals surface area contributed by atoms with Crippen molar-refractivity contribution in [3.63, 3.8) is 0 Å². The van der Waals surface area contributed by atoms with E-state index in [1.54, 1.807) is 4.90 Å². The van der Waals surface area contributed by atoms with Crippen molar-refractivity contribution < 1.29 is 4.79 Å². The van der Waals surface area contributed by atoms with Gasteiger partial charge in [-0.25, -0.2) is 4.79 Å². The Bertz CT molecular complexity index is 354. The summed E-state index contributed by atoms with van der Waals surface area (Å²) < 4.78 is 0. The van der Waals surface area contributed by atoms with Crippen LogP contribution in [0, 0.1) is 5.41 Å². The van der Waals surface area contributed by atoms with E-state index < -0.39 is 0 Å². The number of nitrogens with one attached hydrogen (secondary N) is 1. The Labute approximate surface area is 104 Å². The van der Waals surface area contributed by atoms with Crippen LogP contribution in [-0.4, -0.2) is 24.5 Å². The second kappa shape index (κ2) is 5.71. The van der Waals surface area contributed by atoms with Gasteiger partial charge < -0.3 is 10.2 Å². The molecule has 1 N–H and O–H groups in total. The van der Waals surface area contributed by atoms with Crippen molar-refractivity contribution in [3.05, 3.63) is 35.9 Å². The molecule has 0 saturated carbocycles. The van der Waals surface area contributed by atoms with Crippen LogP contribution in [0.15, 0.2) is 30.3 Å². The molecule has 0 atom stereocenters. The molecule has 0 fully saturated rings. The summed E-state index contributed by atoms with van der Waals surface area (Å²) >= 11 is 0. The fourth-order valence-corrected chi connectivity index (χ4v) is 1.69. The lowest BCUT2D eigenvalue weighted by atomic mass is 9.96. The Morgan fingerprint density at radius 1 is 1.24 bits per heavy atom. The second-order valence-electron chi connectivity index (χ2n) is 5.56. The van der Waals surface area contributed by atoms with E-state index in [-0.39, 0.29) is 11.4 Å². The number of carbonyl (C=O) groups is 1. The Hall–Kier alpha value is -1.51. The van der Waals surface area contributed by atoms with Gasteiger partial charge in [0.2, 0.25) is 0 Å². The highest BCUT2D eigenvalue weighted by Gasteiger charge is 2.17. The molecule has 17 heavy (non-hydrogen) atoms. The topological polar surface area (TPSA) is 32.3 Å². The molecule has 1 aromatic rings. The van der Waals surface area contributed by atoms with Crippen LogP contribution in [0.1, 0.15) is 26.3 Å². The predicted molar refractivity (Wildman–Crippen MR) is 70.8 cm³/mol. The van der Waals surface area contributed by atoms with Crippen molar-refractivity contribution in [1.29, 1.82) is 0 Å². The zero-order valence-electron chi connectivity index (χ0n) is 11.2. The summed E-state index contributed by atoms with van der Waals surface area (Å²) in [4.78, 5) is 13.5. The maximum atomic E-state index is 11.8. The first kappa shape index (κ1) is 13.6. The van der Waals surface area contributed by atoms with Gasteiger partial charge in [-0.15, -0.1) is 0 Å².